The van der Waals surface area contributed by atoms with Crippen LogP contribution in [0.5, 0.6) is 0 Å². The number of hydrogen-bond donors (Lipinski definition) is 4. The van der Waals surface area contributed by atoms with E-state index in [1.165, 1.54) is 12.8 Å². The van der Waals surface area contributed by atoms with E-state index >= 15 is 0 Å². The first-order valence-corrected chi connectivity index (χ1v) is 11.6. The lowest BCUT2D eigenvalue weighted by molar-refractivity contribution is 0.359. The molecule has 5 nitrogen and oxygen atoms in total. The second-order valence-electron chi connectivity index (χ2n) is 8.19. The molecular formula is C27H41N5. The van der Waals surface area contributed by atoms with E-state index in [1.807, 2.05) is 12.3 Å². The largest absolute Gasteiger partial charge is 0.390 e. The minimum Gasteiger partial charge on any atom is -0.390 e. The van der Waals surface area contributed by atoms with Crippen molar-refractivity contribution < 1.29 is 0 Å². The topological polar surface area (TPSA) is 51.4 Å². The van der Waals surface area contributed by atoms with E-state index in [4.69, 9.17) is 0 Å². The summed E-state index contributed by atoms with van der Waals surface area (Å²) < 4.78 is 0. The monoisotopic (exact) mass is 435 g/mol. The second-order valence-corrected chi connectivity index (χ2v) is 8.19. The zero-order valence-electron chi connectivity index (χ0n) is 19.9. The van der Waals surface area contributed by atoms with Gasteiger partial charge < -0.3 is 26.2 Å². The molecule has 0 aliphatic carbocycles. The van der Waals surface area contributed by atoms with Crippen molar-refractivity contribution in [1.29, 1.82) is 0 Å². The van der Waals surface area contributed by atoms with Gasteiger partial charge >= 0.3 is 0 Å². The van der Waals surface area contributed by atoms with E-state index in [2.05, 4.69) is 90.7 Å². The zero-order chi connectivity index (χ0) is 23.3. The Bertz CT molecular complexity index is 804. The summed E-state index contributed by atoms with van der Waals surface area (Å²) >= 11 is 0. The molecule has 1 aliphatic rings. The SMILES string of the molecule is C=CNC(=C)C(CCC)N(C)C(=C)c1cccc(NC/C=C/NCC2CCCN2)c1C=C. The molecule has 0 aromatic heterocycles. The highest BCUT2D eigenvalue weighted by molar-refractivity contribution is 5.79. The first-order chi connectivity index (χ1) is 15.5. The molecule has 1 aromatic rings. The fraction of sp³-hybridized carbons (Fsp3) is 0.407. The van der Waals surface area contributed by atoms with Crippen molar-refractivity contribution in [3.05, 3.63) is 79.8 Å². The highest BCUT2D eigenvalue weighted by atomic mass is 15.2. The molecule has 0 spiro atoms. The Kier molecular flexibility index (Phi) is 10.7. The first kappa shape index (κ1) is 25.3. The Morgan fingerprint density at radius 3 is 2.78 bits per heavy atom. The molecule has 4 N–H and O–H groups in total. The quantitative estimate of drug-likeness (QED) is 0.315. The number of rotatable bonds is 15. The van der Waals surface area contributed by atoms with Crippen LogP contribution < -0.4 is 21.3 Å². The van der Waals surface area contributed by atoms with Gasteiger partial charge in [-0.3, -0.25) is 0 Å². The molecule has 2 unspecified atom stereocenters. The van der Waals surface area contributed by atoms with E-state index < -0.39 is 0 Å². The van der Waals surface area contributed by atoms with Crippen LogP contribution in [0.3, 0.4) is 0 Å². The number of benzene rings is 1. The molecule has 0 bridgehead atoms. The van der Waals surface area contributed by atoms with Gasteiger partial charge in [-0.2, -0.15) is 0 Å². The summed E-state index contributed by atoms with van der Waals surface area (Å²) in [7, 11) is 2.07. The molecule has 1 aliphatic heterocycles. The number of anilines is 1. The van der Waals surface area contributed by atoms with Crippen LogP contribution in [0.15, 0.2) is 68.7 Å². The van der Waals surface area contributed by atoms with Gasteiger partial charge in [-0.05, 0) is 50.3 Å². The predicted molar refractivity (Wildman–Crippen MR) is 141 cm³/mol. The highest BCUT2D eigenvalue weighted by Gasteiger charge is 2.21. The molecule has 2 atom stereocenters. The average Bonchev–Trinajstić information content (AvgIpc) is 3.32. The molecule has 0 radical (unpaired) electrons. The number of hydrogen-bond acceptors (Lipinski definition) is 5. The Morgan fingerprint density at radius 2 is 2.12 bits per heavy atom. The normalized spacial score (nSPS) is 16.4. The molecule has 1 fully saturated rings. The maximum Gasteiger partial charge on any atom is 0.0682 e. The first-order valence-electron chi connectivity index (χ1n) is 11.6. The van der Waals surface area contributed by atoms with Gasteiger partial charge in [0.2, 0.25) is 0 Å². The van der Waals surface area contributed by atoms with Gasteiger partial charge in [0.25, 0.3) is 0 Å². The lowest BCUT2D eigenvalue weighted by Crippen LogP contribution is -2.35. The molecule has 1 aromatic carbocycles. The van der Waals surface area contributed by atoms with Gasteiger partial charge in [-0.15, -0.1) is 0 Å². The molecule has 0 saturated carbocycles. The maximum absolute atomic E-state index is 4.40. The van der Waals surface area contributed by atoms with Gasteiger partial charge in [-0.1, -0.05) is 57.9 Å². The Labute approximate surface area is 195 Å². The molecule has 1 heterocycles. The van der Waals surface area contributed by atoms with Crippen LogP contribution in [-0.2, 0) is 0 Å². The van der Waals surface area contributed by atoms with E-state index in [1.54, 1.807) is 6.20 Å². The minimum absolute atomic E-state index is 0.128. The van der Waals surface area contributed by atoms with E-state index in [9.17, 15) is 0 Å². The van der Waals surface area contributed by atoms with Gasteiger partial charge in [0.05, 0.1) is 6.04 Å². The van der Waals surface area contributed by atoms with Gasteiger partial charge in [0, 0.05) is 54.4 Å². The number of nitrogens with one attached hydrogen (secondary N) is 4. The summed E-state index contributed by atoms with van der Waals surface area (Å²) in [6.45, 7) is 21.4. The van der Waals surface area contributed by atoms with Crippen LogP contribution in [0.1, 0.15) is 43.7 Å². The lowest BCUT2D eigenvalue weighted by atomic mass is 9.99. The fourth-order valence-electron chi connectivity index (χ4n) is 4.12. The van der Waals surface area contributed by atoms with Gasteiger partial charge in [-0.25, -0.2) is 0 Å². The van der Waals surface area contributed by atoms with Crippen LogP contribution in [-0.4, -0.2) is 43.7 Å². The molecule has 1 saturated heterocycles. The van der Waals surface area contributed by atoms with Crippen molar-refractivity contribution in [2.24, 2.45) is 0 Å². The van der Waals surface area contributed by atoms with Crippen molar-refractivity contribution in [3.8, 4) is 0 Å². The van der Waals surface area contributed by atoms with Crippen LogP contribution in [0.2, 0.25) is 0 Å². The van der Waals surface area contributed by atoms with Crippen LogP contribution in [0, 0.1) is 0 Å². The highest BCUT2D eigenvalue weighted by Crippen LogP contribution is 2.30. The van der Waals surface area contributed by atoms with Crippen molar-refractivity contribution in [3.63, 3.8) is 0 Å². The Hall–Kier alpha value is -2.92. The Morgan fingerprint density at radius 1 is 1.31 bits per heavy atom. The van der Waals surface area contributed by atoms with E-state index in [0.29, 0.717) is 6.04 Å². The molecule has 174 valence electrons. The number of likely N-dealkylation sites (N-methyl/N-ethyl adjacent to an activating group) is 1. The van der Waals surface area contributed by atoms with Crippen LogP contribution in [0.25, 0.3) is 11.8 Å². The van der Waals surface area contributed by atoms with Crippen molar-refractivity contribution in [1.82, 2.24) is 20.9 Å². The van der Waals surface area contributed by atoms with Crippen molar-refractivity contribution in [2.45, 2.75) is 44.7 Å². The third-order valence-corrected chi connectivity index (χ3v) is 5.94. The molecule has 5 heteroatoms. The fourth-order valence-corrected chi connectivity index (χ4v) is 4.12. The minimum atomic E-state index is 0.128. The summed E-state index contributed by atoms with van der Waals surface area (Å²) in [5.41, 5.74) is 5.03. The van der Waals surface area contributed by atoms with Crippen LogP contribution >= 0.6 is 0 Å². The molecular weight excluding hydrogens is 394 g/mol. The lowest BCUT2D eigenvalue weighted by Gasteiger charge is -2.33. The summed E-state index contributed by atoms with van der Waals surface area (Å²) in [5.74, 6) is 0. The number of nitrogens with zero attached hydrogens (tertiary/aromatic N) is 1. The van der Waals surface area contributed by atoms with Crippen molar-refractivity contribution in [2.75, 3.05) is 32.0 Å². The van der Waals surface area contributed by atoms with Gasteiger partial charge in [0.1, 0.15) is 0 Å². The molecule has 0 amide bonds. The van der Waals surface area contributed by atoms with Crippen molar-refractivity contribution >= 4 is 17.5 Å². The Balaban J connectivity index is 2.04. The summed E-state index contributed by atoms with van der Waals surface area (Å²) in [6.07, 6.45) is 12.3. The van der Waals surface area contributed by atoms with E-state index in [0.717, 1.165) is 60.7 Å². The smallest absolute Gasteiger partial charge is 0.0682 e. The molecule has 2 rings (SSSR count). The second kappa shape index (κ2) is 13.5. The summed E-state index contributed by atoms with van der Waals surface area (Å²) in [6, 6.07) is 6.96. The molecule has 32 heavy (non-hydrogen) atoms. The van der Waals surface area contributed by atoms with Crippen LogP contribution in [0.4, 0.5) is 5.69 Å². The summed E-state index contributed by atoms with van der Waals surface area (Å²) in [4.78, 5) is 2.19. The average molecular weight is 436 g/mol. The third-order valence-electron chi connectivity index (χ3n) is 5.94. The third kappa shape index (κ3) is 7.06. The zero-order valence-corrected chi connectivity index (χ0v) is 19.9. The maximum atomic E-state index is 4.40. The standard InChI is InChI=1S/C27H41N5/c1-7-13-27(21(4)29-9-3)32(6)22(5)25-15-10-16-26(24(25)8-2)31-19-12-17-28-20-23-14-11-18-30-23/h8-10,12,15-17,23,27-31H,2-5,7,11,13-14,18-20H2,1,6H3/b17-12+. The van der Waals surface area contributed by atoms with Gasteiger partial charge in [0.15, 0.2) is 0 Å². The summed E-state index contributed by atoms with van der Waals surface area (Å²) in [5, 5.41) is 13.5. The predicted octanol–water partition coefficient (Wildman–Crippen LogP) is 4.91. The van der Waals surface area contributed by atoms with E-state index in [-0.39, 0.29) is 6.04 Å².